The van der Waals surface area contributed by atoms with Crippen LogP contribution in [-0.4, -0.2) is 37.0 Å². The molecule has 1 heterocycles. The summed E-state index contributed by atoms with van der Waals surface area (Å²) < 4.78 is 0. The van der Waals surface area contributed by atoms with Crippen LogP contribution in [0.1, 0.15) is 28.3 Å². The molecule has 0 aromatic heterocycles. The Morgan fingerprint density at radius 3 is 2.62 bits per heavy atom. The fourth-order valence-corrected chi connectivity index (χ4v) is 3.03. The van der Waals surface area contributed by atoms with Gasteiger partial charge in [0.15, 0.2) is 0 Å². The molecule has 24 heavy (non-hydrogen) atoms. The minimum absolute atomic E-state index is 0.123. The van der Waals surface area contributed by atoms with Gasteiger partial charge in [-0.3, -0.25) is 4.79 Å². The van der Waals surface area contributed by atoms with Crippen LogP contribution in [0.5, 0.6) is 0 Å². The van der Waals surface area contributed by atoms with Gasteiger partial charge in [-0.2, -0.15) is 0 Å². The minimum Gasteiger partial charge on any atom is -0.355 e. The topological polar surface area (TPSA) is 61.4 Å². The lowest BCUT2D eigenvalue weighted by Gasteiger charge is -2.18. The molecule has 2 aromatic rings. The molecule has 0 bridgehead atoms. The Balaban J connectivity index is 1.63. The number of benzene rings is 2. The van der Waals surface area contributed by atoms with E-state index in [0.29, 0.717) is 23.7 Å². The standard InChI is InChI=1S/C19H21N3O2/c1-20-18(23)15-8-5-9-17(12-15)21-19(24)22-11-10-16(13-22)14-6-3-2-4-7-14/h2-9,12,16H,10-11,13H2,1H3,(H,20,23)(H,21,24)/t16-/m0/s1. The van der Waals surface area contributed by atoms with E-state index in [2.05, 4.69) is 22.8 Å². The number of hydrogen-bond donors (Lipinski definition) is 2. The Morgan fingerprint density at radius 2 is 1.88 bits per heavy atom. The normalized spacial score (nSPS) is 16.7. The van der Waals surface area contributed by atoms with Gasteiger partial charge in [0.2, 0.25) is 0 Å². The number of anilines is 1. The zero-order valence-corrected chi connectivity index (χ0v) is 13.7. The summed E-state index contributed by atoms with van der Waals surface area (Å²) in [6.07, 6.45) is 0.968. The SMILES string of the molecule is CNC(=O)c1cccc(NC(=O)N2CC[C@H](c3ccccc3)C2)c1. The van der Waals surface area contributed by atoms with Crippen molar-refractivity contribution >= 4 is 17.6 Å². The zero-order chi connectivity index (χ0) is 16.9. The Labute approximate surface area is 141 Å². The van der Waals surface area contributed by atoms with Crippen molar-refractivity contribution in [2.45, 2.75) is 12.3 Å². The molecule has 1 atom stereocenters. The predicted octanol–water partition coefficient (Wildman–Crippen LogP) is 3.07. The van der Waals surface area contributed by atoms with E-state index in [0.717, 1.165) is 13.0 Å². The first-order valence-electron chi connectivity index (χ1n) is 8.10. The van der Waals surface area contributed by atoms with Crippen molar-refractivity contribution in [2.75, 3.05) is 25.5 Å². The smallest absolute Gasteiger partial charge is 0.321 e. The molecule has 2 aromatic carbocycles. The highest BCUT2D eigenvalue weighted by Gasteiger charge is 2.27. The molecule has 5 heteroatoms. The highest BCUT2D eigenvalue weighted by Crippen LogP contribution is 2.27. The molecule has 0 unspecified atom stereocenters. The third-order valence-corrected chi connectivity index (χ3v) is 4.35. The number of nitrogens with zero attached hydrogens (tertiary/aromatic N) is 1. The van der Waals surface area contributed by atoms with E-state index >= 15 is 0 Å². The molecule has 1 fully saturated rings. The van der Waals surface area contributed by atoms with Crippen LogP contribution in [-0.2, 0) is 0 Å². The lowest BCUT2D eigenvalue weighted by Crippen LogP contribution is -2.32. The fourth-order valence-electron chi connectivity index (χ4n) is 3.03. The molecule has 0 spiro atoms. The van der Waals surface area contributed by atoms with E-state index in [9.17, 15) is 9.59 Å². The zero-order valence-electron chi connectivity index (χ0n) is 13.7. The molecular formula is C19H21N3O2. The maximum absolute atomic E-state index is 12.5. The summed E-state index contributed by atoms with van der Waals surface area (Å²) in [6.45, 7) is 1.45. The monoisotopic (exact) mass is 323 g/mol. The van der Waals surface area contributed by atoms with Gasteiger partial charge in [0.05, 0.1) is 0 Å². The molecule has 3 rings (SSSR count). The number of carbonyl (C=O) groups excluding carboxylic acids is 2. The average molecular weight is 323 g/mol. The molecule has 1 aliphatic heterocycles. The van der Waals surface area contributed by atoms with Crippen LogP contribution in [0.2, 0.25) is 0 Å². The molecular weight excluding hydrogens is 302 g/mol. The van der Waals surface area contributed by atoms with Gasteiger partial charge in [-0.05, 0) is 30.2 Å². The van der Waals surface area contributed by atoms with E-state index in [4.69, 9.17) is 0 Å². The molecule has 0 radical (unpaired) electrons. The third-order valence-electron chi connectivity index (χ3n) is 4.35. The second kappa shape index (κ2) is 7.17. The Morgan fingerprint density at radius 1 is 1.08 bits per heavy atom. The minimum atomic E-state index is -0.170. The summed E-state index contributed by atoms with van der Waals surface area (Å²) in [5.41, 5.74) is 2.43. The second-order valence-corrected chi connectivity index (χ2v) is 5.93. The third kappa shape index (κ3) is 3.56. The number of nitrogens with one attached hydrogen (secondary N) is 2. The average Bonchev–Trinajstić information content (AvgIpc) is 3.12. The lowest BCUT2D eigenvalue weighted by molar-refractivity contribution is 0.0963. The quantitative estimate of drug-likeness (QED) is 0.912. The number of hydrogen-bond acceptors (Lipinski definition) is 2. The van der Waals surface area contributed by atoms with Gasteiger partial charge in [-0.25, -0.2) is 4.79 Å². The van der Waals surface area contributed by atoms with Crippen molar-refractivity contribution in [3.8, 4) is 0 Å². The van der Waals surface area contributed by atoms with Crippen LogP contribution < -0.4 is 10.6 Å². The first-order valence-corrected chi connectivity index (χ1v) is 8.10. The van der Waals surface area contributed by atoms with Crippen LogP contribution in [0.15, 0.2) is 54.6 Å². The summed E-state index contributed by atoms with van der Waals surface area (Å²) in [4.78, 5) is 26.0. The summed E-state index contributed by atoms with van der Waals surface area (Å²) in [7, 11) is 1.58. The molecule has 2 N–H and O–H groups in total. The van der Waals surface area contributed by atoms with Gasteiger partial charge >= 0.3 is 6.03 Å². The molecule has 3 amide bonds. The Bertz CT molecular complexity index is 730. The van der Waals surface area contributed by atoms with Gasteiger partial charge in [0.25, 0.3) is 5.91 Å². The van der Waals surface area contributed by atoms with Crippen LogP contribution in [0.3, 0.4) is 0 Å². The maximum atomic E-state index is 12.5. The highest BCUT2D eigenvalue weighted by atomic mass is 16.2. The number of carbonyl (C=O) groups is 2. The second-order valence-electron chi connectivity index (χ2n) is 5.93. The van der Waals surface area contributed by atoms with Crippen molar-refractivity contribution < 1.29 is 9.59 Å². The molecule has 0 aliphatic carbocycles. The molecule has 124 valence electrons. The van der Waals surface area contributed by atoms with E-state index in [1.54, 1.807) is 31.3 Å². The molecule has 1 saturated heterocycles. The van der Waals surface area contributed by atoms with Gasteiger partial charge < -0.3 is 15.5 Å². The largest absolute Gasteiger partial charge is 0.355 e. The molecule has 0 saturated carbocycles. The van der Waals surface area contributed by atoms with Crippen LogP contribution in [0.25, 0.3) is 0 Å². The van der Waals surface area contributed by atoms with Crippen molar-refractivity contribution in [1.29, 1.82) is 0 Å². The van der Waals surface area contributed by atoms with Gasteiger partial charge in [0.1, 0.15) is 0 Å². The van der Waals surface area contributed by atoms with E-state index in [1.165, 1.54) is 5.56 Å². The maximum Gasteiger partial charge on any atom is 0.321 e. The van der Waals surface area contributed by atoms with E-state index in [1.807, 2.05) is 23.1 Å². The van der Waals surface area contributed by atoms with Crippen molar-refractivity contribution in [3.63, 3.8) is 0 Å². The van der Waals surface area contributed by atoms with Crippen LogP contribution in [0, 0.1) is 0 Å². The van der Waals surface area contributed by atoms with Crippen molar-refractivity contribution in [1.82, 2.24) is 10.2 Å². The number of rotatable bonds is 3. The molecule has 5 nitrogen and oxygen atoms in total. The first kappa shape index (κ1) is 16.1. The summed E-state index contributed by atoms with van der Waals surface area (Å²) in [6, 6.07) is 17.1. The number of urea groups is 1. The van der Waals surface area contributed by atoms with E-state index in [-0.39, 0.29) is 11.9 Å². The van der Waals surface area contributed by atoms with Crippen LogP contribution >= 0.6 is 0 Å². The van der Waals surface area contributed by atoms with Crippen LogP contribution in [0.4, 0.5) is 10.5 Å². The predicted molar refractivity (Wildman–Crippen MR) is 94.2 cm³/mol. The summed E-state index contributed by atoms with van der Waals surface area (Å²) >= 11 is 0. The Hall–Kier alpha value is -2.82. The number of likely N-dealkylation sites (tertiary alicyclic amines) is 1. The first-order chi connectivity index (χ1) is 11.7. The number of amides is 3. The van der Waals surface area contributed by atoms with Crippen molar-refractivity contribution in [3.05, 3.63) is 65.7 Å². The Kier molecular flexibility index (Phi) is 4.79. The fraction of sp³-hybridized carbons (Fsp3) is 0.263. The van der Waals surface area contributed by atoms with E-state index < -0.39 is 0 Å². The summed E-state index contributed by atoms with van der Waals surface area (Å²) in [5, 5.41) is 5.46. The van der Waals surface area contributed by atoms with Crippen molar-refractivity contribution in [2.24, 2.45) is 0 Å². The van der Waals surface area contributed by atoms with Gasteiger partial charge in [0, 0.05) is 37.3 Å². The summed E-state index contributed by atoms with van der Waals surface area (Å²) in [5.74, 6) is 0.213. The van der Waals surface area contributed by atoms with Gasteiger partial charge in [-0.15, -0.1) is 0 Å². The highest BCUT2D eigenvalue weighted by molar-refractivity contribution is 5.96. The molecule has 1 aliphatic rings. The van der Waals surface area contributed by atoms with Gasteiger partial charge in [-0.1, -0.05) is 36.4 Å². The lowest BCUT2D eigenvalue weighted by atomic mass is 9.99.